The summed E-state index contributed by atoms with van der Waals surface area (Å²) in [5, 5.41) is 9.00. The molecule has 0 spiro atoms. The van der Waals surface area contributed by atoms with Crippen molar-refractivity contribution in [2.75, 3.05) is 0 Å². The largest absolute Gasteiger partial charge is 0.315 e. The van der Waals surface area contributed by atoms with Crippen molar-refractivity contribution in [3.05, 3.63) is 51.6 Å². The van der Waals surface area contributed by atoms with E-state index in [-0.39, 0.29) is 4.90 Å². The Kier molecular flexibility index (Phi) is 5.19. The molecule has 0 saturated heterocycles. The molecule has 4 aromatic rings. The van der Waals surface area contributed by atoms with Crippen molar-refractivity contribution in [2.45, 2.75) is 38.8 Å². The van der Waals surface area contributed by atoms with E-state index >= 15 is 0 Å². The molecule has 2 aromatic carbocycles. The lowest BCUT2D eigenvalue weighted by molar-refractivity contribution is 0.483. The molecule has 2 aromatic heterocycles. The van der Waals surface area contributed by atoms with Crippen LogP contribution in [0.2, 0.25) is 0 Å². The maximum atomic E-state index is 11.4. The summed E-state index contributed by atoms with van der Waals surface area (Å²) in [5.74, 6) is 0. The second-order valence-electron chi connectivity index (χ2n) is 6.53. The minimum atomic E-state index is -4.25. The first-order valence-corrected chi connectivity index (χ1v) is 12.2. The normalized spacial score (nSPS) is 13.8. The highest BCUT2D eigenvalue weighted by Crippen LogP contribution is 2.22. The predicted octanol–water partition coefficient (Wildman–Crippen LogP) is 3.73. The molecule has 4 rings (SSSR count). The minimum absolute atomic E-state index is 0.123. The zero-order chi connectivity index (χ0) is 20.8. The molecule has 0 aliphatic rings. The fourth-order valence-corrected chi connectivity index (χ4v) is 6.05. The predicted molar refractivity (Wildman–Crippen MR) is 117 cm³/mol. The Morgan fingerprint density at radius 2 is 1.41 bits per heavy atom. The van der Waals surface area contributed by atoms with Crippen LogP contribution in [0.15, 0.2) is 51.5 Å². The van der Waals surface area contributed by atoms with E-state index in [1.165, 1.54) is 33.7 Å². The first-order chi connectivity index (χ1) is 13.8. The molecule has 0 atom stereocenters. The first kappa shape index (κ1) is 20.0. The van der Waals surface area contributed by atoms with Gasteiger partial charge < -0.3 is 9.13 Å². The van der Waals surface area contributed by atoms with Gasteiger partial charge in [-0.1, -0.05) is 28.7 Å². The Bertz CT molecular complexity index is 1470. The van der Waals surface area contributed by atoms with Gasteiger partial charge in [0.15, 0.2) is 0 Å². The van der Waals surface area contributed by atoms with Crippen molar-refractivity contribution < 1.29 is 13.0 Å². The highest BCUT2D eigenvalue weighted by molar-refractivity contribution is 7.85. The van der Waals surface area contributed by atoms with Gasteiger partial charge in [-0.3, -0.25) is 4.55 Å². The molecule has 29 heavy (non-hydrogen) atoms. The van der Waals surface area contributed by atoms with E-state index in [0.717, 1.165) is 27.1 Å². The van der Waals surface area contributed by atoms with E-state index in [2.05, 4.69) is 46.8 Å². The Morgan fingerprint density at radius 1 is 0.897 bits per heavy atom. The van der Waals surface area contributed by atoms with Crippen LogP contribution in [0.4, 0.5) is 0 Å². The van der Waals surface area contributed by atoms with Gasteiger partial charge in [-0.2, -0.15) is 8.42 Å². The first-order valence-electron chi connectivity index (χ1n) is 9.10. The van der Waals surface area contributed by atoms with Crippen LogP contribution in [0.3, 0.4) is 0 Å². The van der Waals surface area contributed by atoms with Gasteiger partial charge in [0.2, 0.25) is 9.60 Å². The third kappa shape index (κ3) is 3.68. The van der Waals surface area contributed by atoms with E-state index in [4.69, 9.17) is 0 Å². The second-order valence-corrected chi connectivity index (χ2v) is 9.97. The molecule has 0 bridgehead atoms. The average molecular weight is 449 g/mol. The van der Waals surface area contributed by atoms with E-state index < -0.39 is 10.1 Å². The van der Waals surface area contributed by atoms with Crippen LogP contribution >= 0.6 is 22.7 Å². The standard InChI is InChI=1S/C19H20N4O3S3/c1-4-22-14-8-6-12(3)10-16(14)27-18(22)20-21-19-23(5-2)15-9-7-13(29(24,25)26)11-17(15)28-19/h6-11H,4-5H2,1-3H3,(H,24,25,26)/b20-18-,21-19-. The van der Waals surface area contributed by atoms with Gasteiger partial charge in [-0.15, -0.1) is 10.2 Å². The third-order valence-electron chi connectivity index (χ3n) is 4.64. The average Bonchev–Trinajstić information content (AvgIpc) is 3.21. The molecular formula is C19H20N4O3S3. The number of fused-ring (bicyclic) bond motifs is 2. The highest BCUT2D eigenvalue weighted by atomic mass is 32.2. The van der Waals surface area contributed by atoms with Crippen LogP contribution in [0.1, 0.15) is 19.4 Å². The van der Waals surface area contributed by atoms with E-state index in [1.807, 2.05) is 11.5 Å². The molecule has 2 heterocycles. The maximum absolute atomic E-state index is 11.4. The summed E-state index contributed by atoms with van der Waals surface area (Å²) in [6.45, 7) is 7.59. The summed E-state index contributed by atoms with van der Waals surface area (Å²) in [6, 6.07) is 10.9. The summed E-state index contributed by atoms with van der Waals surface area (Å²) in [4.78, 5) is 1.36. The number of benzene rings is 2. The van der Waals surface area contributed by atoms with Gasteiger partial charge in [-0.25, -0.2) is 0 Å². The van der Waals surface area contributed by atoms with Crippen LogP contribution in [0.5, 0.6) is 0 Å². The zero-order valence-electron chi connectivity index (χ0n) is 16.2. The van der Waals surface area contributed by atoms with Gasteiger partial charge >= 0.3 is 0 Å². The van der Waals surface area contributed by atoms with Crippen molar-refractivity contribution in [1.82, 2.24) is 9.13 Å². The Hall–Kier alpha value is -2.27. The van der Waals surface area contributed by atoms with Crippen LogP contribution < -0.4 is 9.60 Å². The van der Waals surface area contributed by atoms with E-state index in [1.54, 1.807) is 17.4 Å². The Balaban J connectivity index is 1.94. The molecule has 0 unspecified atom stereocenters. The molecule has 1 N–H and O–H groups in total. The van der Waals surface area contributed by atoms with Crippen LogP contribution in [0, 0.1) is 6.92 Å². The molecule has 0 radical (unpaired) electrons. The lowest BCUT2D eigenvalue weighted by Gasteiger charge is -2.01. The second kappa shape index (κ2) is 7.52. The lowest BCUT2D eigenvalue weighted by atomic mass is 10.2. The van der Waals surface area contributed by atoms with E-state index in [0.29, 0.717) is 11.3 Å². The fourth-order valence-electron chi connectivity index (χ4n) is 3.24. The van der Waals surface area contributed by atoms with Gasteiger partial charge in [0.25, 0.3) is 10.1 Å². The van der Waals surface area contributed by atoms with Gasteiger partial charge in [0.05, 0.1) is 25.3 Å². The molecule has 0 amide bonds. The molecule has 0 fully saturated rings. The molecule has 152 valence electrons. The number of nitrogens with zero attached hydrogens (tertiary/aromatic N) is 4. The van der Waals surface area contributed by atoms with Gasteiger partial charge in [0, 0.05) is 13.1 Å². The highest BCUT2D eigenvalue weighted by Gasteiger charge is 2.13. The topological polar surface area (TPSA) is 88.9 Å². The van der Waals surface area contributed by atoms with Crippen molar-refractivity contribution in [3.63, 3.8) is 0 Å². The summed E-state index contributed by atoms with van der Waals surface area (Å²) in [6.07, 6.45) is 0. The summed E-state index contributed by atoms with van der Waals surface area (Å²) in [5.41, 5.74) is 3.19. The molecule has 0 aliphatic heterocycles. The quantitative estimate of drug-likeness (QED) is 0.381. The van der Waals surface area contributed by atoms with Crippen molar-refractivity contribution in [3.8, 4) is 0 Å². The molecule has 10 heteroatoms. The monoisotopic (exact) mass is 448 g/mol. The van der Waals surface area contributed by atoms with Crippen molar-refractivity contribution in [1.29, 1.82) is 0 Å². The number of hydrogen-bond acceptors (Lipinski definition) is 6. The van der Waals surface area contributed by atoms with Crippen molar-refractivity contribution in [2.24, 2.45) is 10.2 Å². The zero-order valence-corrected chi connectivity index (χ0v) is 18.6. The number of aromatic nitrogens is 2. The summed E-state index contributed by atoms with van der Waals surface area (Å²) in [7, 11) is -4.25. The SMILES string of the molecule is CCn1/c(=N/N=c2\sc3cc(S(=O)(=O)O)ccc3n2CC)sc2cc(C)ccc21. The van der Waals surface area contributed by atoms with E-state index in [9.17, 15) is 13.0 Å². The molecule has 0 aliphatic carbocycles. The summed E-state index contributed by atoms with van der Waals surface area (Å²) < 4.78 is 38.2. The Labute approximate surface area is 175 Å². The Morgan fingerprint density at radius 3 is 1.93 bits per heavy atom. The smallest absolute Gasteiger partial charge is 0.294 e. The van der Waals surface area contributed by atoms with Crippen LogP contribution in [0.25, 0.3) is 20.4 Å². The minimum Gasteiger partial charge on any atom is -0.315 e. The van der Waals surface area contributed by atoms with Gasteiger partial charge in [-0.05, 0) is 56.7 Å². The number of rotatable bonds is 4. The molecule has 0 saturated carbocycles. The van der Waals surface area contributed by atoms with Gasteiger partial charge in [0.1, 0.15) is 0 Å². The maximum Gasteiger partial charge on any atom is 0.294 e. The number of hydrogen-bond donors (Lipinski definition) is 1. The number of thiazole rings is 2. The van der Waals surface area contributed by atoms with Crippen LogP contribution in [-0.2, 0) is 23.2 Å². The number of aryl methyl sites for hydroxylation is 3. The van der Waals surface area contributed by atoms with Crippen molar-refractivity contribution >= 4 is 53.2 Å². The van der Waals surface area contributed by atoms with Crippen LogP contribution in [-0.4, -0.2) is 22.1 Å². The third-order valence-corrected chi connectivity index (χ3v) is 7.56. The molecule has 7 nitrogen and oxygen atoms in total. The lowest BCUT2D eigenvalue weighted by Crippen LogP contribution is -2.16. The summed E-state index contributed by atoms with van der Waals surface area (Å²) >= 11 is 2.94. The fraction of sp³-hybridized carbons (Fsp3) is 0.263. The molecular weight excluding hydrogens is 428 g/mol.